The van der Waals surface area contributed by atoms with Crippen LogP contribution in [-0.2, 0) is 0 Å². The molecule has 6 heteroatoms. The smallest absolute Gasteiger partial charge is 0.317 e. The molecule has 0 aromatic heterocycles. The van der Waals surface area contributed by atoms with Crippen molar-refractivity contribution in [2.75, 3.05) is 26.2 Å². The van der Waals surface area contributed by atoms with Crippen LogP contribution >= 0.6 is 0 Å². The summed E-state index contributed by atoms with van der Waals surface area (Å²) in [6, 6.07) is 6.03. The minimum Gasteiger partial charge on any atom is -0.337 e. The SMILES string of the molecule is O=C(NC1CCCCC1)N1CCCN(C(=O)c2cccc(F)c2)CC1. The maximum absolute atomic E-state index is 13.3. The molecular weight excluding hydrogens is 321 g/mol. The van der Waals surface area contributed by atoms with Gasteiger partial charge >= 0.3 is 6.03 Å². The molecule has 1 aliphatic heterocycles. The number of rotatable bonds is 2. The first kappa shape index (κ1) is 17.7. The molecule has 1 aromatic carbocycles. The second-order valence-electron chi connectivity index (χ2n) is 6.93. The summed E-state index contributed by atoms with van der Waals surface area (Å²) in [7, 11) is 0. The van der Waals surface area contributed by atoms with Crippen LogP contribution in [0.5, 0.6) is 0 Å². The Hall–Kier alpha value is -2.11. The van der Waals surface area contributed by atoms with Gasteiger partial charge in [-0.05, 0) is 37.5 Å². The van der Waals surface area contributed by atoms with Gasteiger partial charge in [0.2, 0.25) is 0 Å². The van der Waals surface area contributed by atoms with Crippen LogP contribution in [0.2, 0.25) is 0 Å². The van der Waals surface area contributed by atoms with Crippen molar-refractivity contribution in [3.63, 3.8) is 0 Å². The largest absolute Gasteiger partial charge is 0.337 e. The van der Waals surface area contributed by atoms with Crippen LogP contribution in [0.25, 0.3) is 0 Å². The summed E-state index contributed by atoms with van der Waals surface area (Å²) in [5.41, 5.74) is 0.361. The molecule has 1 N–H and O–H groups in total. The van der Waals surface area contributed by atoms with Crippen molar-refractivity contribution >= 4 is 11.9 Å². The van der Waals surface area contributed by atoms with Crippen LogP contribution in [0.3, 0.4) is 0 Å². The van der Waals surface area contributed by atoms with Crippen LogP contribution in [0.4, 0.5) is 9.18 Å². The normalized spacial score (nSPS) is 19.4. The first-order valence-electron chi connectivity index (χ1n) is 9.24. The molecule has 0 bridgehead atoms. The highest BCUT2D eigenvalue weighted by atomic mass is 19.1. The molecule has 1 saturated carbocycles. The molecule has 1 saturated heterocycles. The van der Waals surface area contributed by atoms with Gasteiger partial charge in [0.1, 0.15) is 5.82 Å². The van der Waals surface area contributed by atoms with E-state index in [1.165, 1.54) is 31.4 Å². The van der Waals surface area contributed by atoms with E-state index in [0.717, 1.165) is 19.3 Å². The van der Waals surface area contributed by atoms with Gasteiger partial charge in [0.05, 0.1) is 0 Å². The van der Waals surface area contributed by atoms with Gasteiger partial charge in [-0.3, -0.25) is 4.79 Å². The summed E-state index contributed by atoms with van der Waals surface area (Å²) in [5, 5.41) is 3.13. The summed E-state index contributed by atoms with van der Waals surface area (Å²) in [6.45, 7) is 2.22. The third-order valence-electron chi connectivity index (χ3n) is 5.07. The number of benzene rings is 1. The third-order valence-corrected chi connectivity index (χ3v) is 5.07. The highest BCUT2D eigenvalue weighted by Crippen LogP contribution is 2.18. The van der Waals surface area contributed by atoms with E-state index < -0.39 is 5.82 Å². The highest BCUT2D eigenvalue weighted by molar-refractivity contribution is 5.94. The molecule has 1 heterocycles. The fourth-order valence-electron chi connectivity index (χ4n) is 3.64. The first-order valence-corrected chi connectivity index (χ1v) is 9.24. The van der Waals surface area contributed by atoms with Gasteiger partial charge in [0, 0.05) is 37.8 Å². The zero-order valence-electron chi connectivity index (χ0n) is 14.5. The number of hydrogen-bond acceptors (Lipinski definition) is 2. The van der Waals surface area contributed by atoms with Gasteiger partial charge in [-0.25, -0.2) is 9.18 Å². The van der Waals surface area contributed by atoms with Crippen LogP contribution in [0.1, 0.15) is 48.9 Å². The molecule has 2 aliphatic rings. The molecule has 0 spiro atoms. The van der Waals surface area contributed by atoms with Crippen molar-refractivity contribution in [3.8, 4) is 0 Å². The van der Waals surface area contributed by atoms with Gasteiger partial charge in [-0.15, -0.1) is 0 Å². The Bertz CT molecular complexity index is 616. The van der Waals surface area contributed by atoms with E-state index in [4.69, 9.17) is 0 Å². The summed E-state index contributed by atoms with van der Waals surface area (Å²) in [4.78, 5) is 28.5. The molecule has 0 atom stereocenters. The lowest BCUT2D eigenvalue weighted by atomic mass is 9.96. The van der Waals surface area contributed by atoms with E-state index in [9.17, 15) is 14.0 Å². The molecule has 5 nitrogen and oxygen atoms in total. The topological polar surface area (TPSA) is 52.7 Å². The highest BCUT2D eigenvalue weighted by Gasteiger charge is 2.24. The molecule has 0 unspecified atom stereocenters. The van der Waals surface area contributed by atoms with Gasteiger partial charge in [-0.1, -0.05) is 25.3 Å². The van der Waals surface area contributed by atoms with Crippen LogP contribution < -0.4 is 5.32 Å². The minimum atomic E-state index is -0.408. The number of halogens is 1. The lowest BCUT2D eigenvalue weighted by molar-refractivity contribution is 0.0761. The Balaban J connectivity index is 1.54. The number of carbonyl (C=O) groups is 2. The summed E-state index contributed by atoms with van der Waals surface area (Å²) < 4.78 is 13.3. The Kier molecular flexibility index (Phi) is 5.89. The van der Waals surface area contributed by atoms with Crippen molar-refractivity contribution in [1.82, 2.24) is 15.1 Å². The number of carbonyl (C=O) groups excluding carboxylic acids is 2. The molecular formula is C19H26FN3O2. The zero-order valence-corrected chi connectivity index (χ0v) is 14.5. The van der Waals surface area contributed by atoms with Gasteiger partial charge in [0.25, 0.3) is 5.91 Å². The summed E-state index contributed by atoms with van der Waals surface area (Å²) >= 11 is 0. The van der Waals surface area contributed by atoms with E-state index in [2.05, 4.69) is 5.32 Å². The van der Waals surface area contributed by atoms with E-state index in [0.29, 0.717) is 31.7 Å². The predicted molar refractivity (Wildman–Crippen MR) is 93.9 cm³/mol. The van der Waals surface area contributed by atoms with Gasteiger partial charge in [-0.2, -0.15) is 0 Å². The number of urea groups is 1. The Morgan fingerprint density at radius 3 is 2.44 bits per heavy atom. The molecule has 3 rings (SSSR count). The van der Waals surface area contributed by atoms with Crippen LogP contribution in [0.15, 0.2) is 24.3 Å². The van der Waals surface area contributed by atoms with E-state index in [1.807, 2.05) is 0 Å². The van der Waals surface area contributed by atoms with Crippen molar-refractivity contribution in [2.24, 2.45) is 0 Å². The molecule has 3 amide bonds. The maximum Gasteiger partial charge on any atom is 0.317 e. The number of nitrogens with zero attached hydrogens (tertiary/aromatic N) is 2. The number of amides is 3. The van der Waals surface area contributed by atoms with Crippen molar-refractivity contribution in [3.05, 3.63) is 35.6 Å². The molecule has 1 aromatic rings. The van der Waals surface area contributed by atoms with E-state index in [-0.39, 0.29) is 18.0 Å². The average Bonchev–Trinajstić information content (AvgIpc) is 2.88. The fourth-order valence-corrected chi connectivity index (χ4v) is 3.64. The molecule has 136 valence electrons. The standard InChI is InChI=1S/C19H26FN3O2/c20-16-7-4-6-15(14-16)18(24)22-10-5-11-23(13-12-22)19(25)21-17-8-2-1-3-9-17/h4,6-7,14,17H,1-3,5,8-13H2,(H,21,25). The molecule has 0 radical (unpaired) electrons. The maximum atomic E-state index is 13.3. The van der Waals surface area contributed by atoms with Crippen LogP contribution in [0, 0.1) is 5.82 Å². The van der Waals surface area contributed by atoms with Crippen LogP contribution in [-0.4, -0.2) is 54.0 Å². The predicted octanol–water partition coefficient (Wildman–Crippen LogP) is 3.02. The lowest BCUT2D eigenvalue weighted by Gasteiger charge is -2.27. The fraction of sp³-hybridized carbons (Fsp3) is 0.579. The molecule has 1 aliphatic carbocycles. The van der Waals surface area contributed by atoms with Gasteiger partial charge in [0.15, 0.2) is 0 Å². The zero-order chi connectivity index (χ0) is 17.6. The molecule has 25 heavy (non-hydrogen) atoms. The summed E-state index contributed by atoms with van der Waals surface area (Å²) in [5.74, 6) is -0.580. The van der Waals surface area contributed by atoms with Gasteiger partial charge < -0.3 is 15.1 Å². The third kappa shape index (κ3) is 4.71. The first-order chi connectivity index (χ1) is 12.1. The van der Waals surface area contributed by atoms with Crippen molar-refractivity contribution in [2.45, 2.75) is 44.6 Å². The Morgan fingerprint density at radius 1 is 0.960 bits per heavy atom. The number of nitrogens with one attached hydrogen (secondary N) is 1. The average molecular weight is 347 g/mol. The lowest BCUT2D eigenvalue weighted by Crippen LogP contribution is -2.46. The van der Waals surface area contributed by atoms with Crippen molar-refractivity contribution in [1.29, 1.82) is 0 Å². The second kappa shape index (κ2) is 8.32. The second-order valence-corrected chi connectivity index (χ2v) is 6.93. The van der Waals surface area contributed by atoms with E-state index in [1.54, 1.807) is 21.9 Å². The quantitative estimate of drug-likeness (QED) is 0.894. The number of hydrogen-bond donors (Lipinski definition) is 1. The minimum absolute atomic E-state index is 0.0213. The Labute approximate surface area is 148 Å². The molecule has 2 fully saturated rings. The monoisotopic (exact) mass is 347 g/mol. The van der Waals surface area contributed by atoms with E-state index >= 15 is 0 Å². The Morgan fingerprint density at radius 2 is 1.68 bits per heavy atom. The van der Waals surface area contributed by atoms with Crippen molar-refractivity contribution < 1.29 is 14.0 Å². The summed E-state index contributed by atoms with van der Waals surface area (Å²) in [6.07, 6.45) is 6.47.